The molecule has 4 nitrogen and oxygen atoms in total. The zero-order valence-corrected chi connectivity index (χ0v) is 21.1. The zero-order chi connectivity index (χ0) is 20.8. The number of rotatable bonds is 8. The smallest absolute Gasteiger partial charge is 0.392 e. The van der Waals surface area contributed by atoms with E-state index in [1.165, 1.54) is 0 Å². The Bertz CT molecular complexity index is 521. The summed E-state index contributed by atoms with van der Waals surface area (Å²) in [4.78, 5) is 13.9. The van der Waals surface area contributed by atoms with E-state index in [9.17, 15) is 4.79 Å². The standard InChI is InChI=1S/C21H41O4Si2/c1-14(2)27(15(3)4,16(5)6)25-19(22)20(8)12-18-13-21(20,11-17(18)7)26(23-9)24-10/h14-18H,11-13H2,1-10H3. The van der Waals surface area contributed by atoms with E-state index >= 15 is 0 Å². The van der Waals surface area contributed by atoms with Crippen LogP contribution in [0.4, 0.5) is 0 Å². The summed E-state index contributed by atoms with van der Waals surface area (Å²) < 4.78 is 18.4. The summed E-state index contributed by atoms with van der Waals surface area (Å²) >= 11 is 0. The van der Waals surface area contributed by atoms with Gasteiger partial charge in [0.15, 0.2) is 0 Å². The molecule has 27 heavy (non-hydrogen) atoms. The van der Waals surface area contributed by atoms with E-state index in [4.69, 9.17) is 13.3 Å². The Kier molecular flexibility index (Phi) is 6.78. The minimum atomic E-state index is -2.26. The van der Waals surface area contributed by atoms with Gasteiger partial charge in [-0.2, -0.15) is 0 Å². The van der Waals surface area contributed by atoms with Gasteiger partial charge in [-0.05, 0) is 54.6 Å². The molecule has 0 aromatic heterocycles. The van der Waals surface area contributed by atoms with Crippen molar-refractivity contribution < 1.29 is 18.1 Å². The molecule has 157 valence electrons. The van der Waals surface area contributed by atoms with Gasteiger partial charge in [0.1, 0.15) is 0 Å². The van der Waals surface area contributed by atoms with Crippen molar-refractivity contribution >= 4 is 23.6 Å². The highest BCUT2D eigenvalue weighted by Gasteiger charge is 2.71. The van der Waals surface area contributed by atoms with Crippen LogP contribution in [0.25, 0.3) is 0 Å². The third-order valence-corrected chi connectivity index (χ3v) is 16.4. The molecule has 4 unspecified atom stereocenters. The van der Waals surface area contributed by atoms with Gasteiger partial charge in [-0.25, -0.2) is 0 Å². The van der Waals surface area contributed by atoms with Crippen LogP contribution < -0.4 is 0 Å². The molecule has 0 aromatic rings. The topological polar surface area (TPSA) is 44.8 Å². The Balaban J connectivity index is 2.44. The van der Waals surface area contributed by atoms with Gasteiger partial charge in [0.25, 0.3) is 14.3 Å². The van der Waals surface area contributed by atoms with Crippen molar-refractivity contribution in [2.45, 2.75) is 96.3 Å². The Morgan fingerprint density at radius 3 is 1.81 bits per heavy atom. The summed E-state index contributed by atoms with van der Waals surface area (Å²) in [6.45, 7) is 17.9. The van der Waals surface area contributed by atoms with Gasteiger partial charge in [0, 0.05) is 19.3 Å². The molecule has 4 atom stereocenters. The molecular weight excluding hydrogens is 372 g/mol. The first-order valence-electron chi connectivity index (χ1n) is 10.6. The van der Waals surface area contributed by atoms with E-state index in [0.717, 1.165) is 19.3 Å². The number of hydrogen-bond donors (Lipinski definition) is 0. The van der Waals surface area contributed by atoms with E-state index < -0.39 is 23.0 Å². The van der Waals surface area contributed by atoms with E-state index in [1.807, 2.05) is 0 Å². The van der Waals surface area contributed by atoms with Crippen molar-refractivity contribution in [3.05, 3.63) is 0 Å². The van der Waals surface area contributed by atoms with Crippen molar-refractivity contribution in [3.8, 4) is 0 Å². The number of fused-ring (bicyclic) bond motifs is 2. The second-order valence-corrected chi connectivity index (χ2v) is 17.9. The quantitative estimate of drug-likeness (QED) is 0.480. The third-order valence-electron chi connectivity index (χ3n) is 8.00. The van der Waals surface area contributed by atoms with Gasteiger partial charge in [0.2, 0.25) is 0 Å². The van der Waals surface area contributed by atoms with Crippen molar-refractivity contribution in [1.29, 1.82) is 0 Å². The van der Waals surface area contributed by atoms with Crippen molar-refractivity contribution in [2.75, 3.05) is 14.2 Å². The maximum Gasteiger partial charge on any atom is 0.392 e. The molecule has 0 heterocycles. The lowest BCUT2D eigenvalue weighted by molar-refractivity contribution is -0.150. The molecule has 1 radical (unpaired) electrons. The van der Waals surface area contributed by atoms with Gasteiger partial charge >= 0.3 is 9.28 Å². The third kappa shape index (κ3) is 3.28. The molecule has 0 N–H and O–H groups in total. The first-order valence-corrected chi connectivity index (χ1v) is 14.1. The van der Waals surface area contributed by atoms with Crippen LogP contribution in [-0.2, 0) is 18.1 Å². The van der Waals surface area contributed by atoms with Crippen LogP contribution in [0.2, 0.25) is 21.7 Å². The SMILES string of the molecule is CO[Si](OC)C12CC(C)C(CC1(C)C(=O)O[Si](C(C)C)(C(C)C)C(C)C)C2. The lowest BCUT2D eigenvalue weighted by atomic mass is 9.71. The van der Waals surface area contributed by atoms with Crippen LogP contribution in [0.1, 0.15) is 74.7 Å². The first kappa shape index (κ1) is 23.1. The van der Waals surface area contributed by atoms with E-state index in [2.05, 4.69) is 55.4 Å². The summed E-state index contributed by atoms with van der Waals surface area (Å²) in [7, 11) is -0.330. The molecule has 2 saturated carbocycles. The number of hydrogen-bond acceptors (Lipinski definition) is 4. The van der Waals surface area contributed by atoms with E-state index in [0.29, 0.717) is 28.5 Å². The minimum Gasteiger partial charge on any atom is -0.518 e. The molecule has 0 saturated heterocycles. The molecule has 0 amide bonds. The fourth-order valence-electron chi connectivity index (χ4n) is 6.66. The summed E-state index contributed by atoms with van der Waals surface area (Å²) in [5.74, 6) is 1.22. The normalized spacial score (nSPS) is 33.7. The Hall–Kier alpha value is -0.176. The Morgan fingerprint density at radius 1 is 0.963 bits per heavy atom. The van der Waals surface area contributed by atoms with Crippen LogP contribution in [-0.4, -0.2) is 37.8 Å². The number of carbonyl (C=O) groups excluding carboxylic acids is 1. The lowest BCUT2D eigenvalue weighted by Gasteiger charge is -2.49. The number of carbonyl (C=O) groups is 1. The maximum absolute atomic E-state index is 13.9. The summed E-state index contributed by atoms with van der Waals surface area (Å²) in [5.41, 5.74) is 0.691. The van der Waals surface area contributed by atoms with E-state index in [1.54, 1.807) is 14.2 Å². The van der Waals surface area contributed by atoms with Crippen LogP contribution in [0.5, 0.6) is 0 Å². The lowest BCUT2D eigenvalue weighted by Crippen LogP contribution is -2.56. The van der Waals surface area contributed by atoms with Crippen molar-refractivity contribution in [3.63, 3.8) is 0 Å². The molecule has 2 bridgehead atoms. The highest BCUT2D eigenvalue weighted by Crippen LogP contribution is 2.73. The molecule has 2 aliphatic carbocycles. The first-order chi connectivity index (χ1) is 12.4. The molecule has 2 aliphatic rings. The molecule has 2 fully saturated rings. The fraction of sp³-hybridized carbons (Fsp3) is 0.952. The molecule has 0 aliphatic heterocycles. The highest BCUT2D eigenvalue weighted by atomic mass is 28.4. The van der Waals surface area contributed by atoms with Crippen LogP contribution in [0.15, 0.2) is 0 Å². The van der Waals surface area contributed by atoms with Gasteiger partial charge in [-0.15, -0.1) is 0 Å². The Labute approximate surface area is 169 Å². The second-order valence-electron chi connectivity index (χ2n) is 10.2. The molecule has 0 aromatic carbocycles. The molecular formula is C21H41O4Si2. The van der Waals surface area contributed by atoms with Gasteiger partial charge in [-0.1, -0.05) is 48.5 Å². The van der Waals surface area contributed by atoms with E-state index in [-0.39, 0.29) is 11.0 Å². The van der Waals surface area contributed by atoms with Crippen molar-refractivity contribution in [1.82, 2.24) is 0 Å². The van der Waals surface area contributed by atoms with Crippen LogP contribution in [0, 0.1) is 17.3 Å². The summed E-state index contributed by atoms with van der Waals surface area (Å²) in [6.07, 6.45) is 2.96. The molecule has 6 heteroatoms. The molecule has 2 rings (SSSR count). The van der Waals surface area contributed by atoms with Gasteiger partial charge in [-0.3, -0.25) is 4.79 Å². The summed E-state index contributed by atoms with van der Waals surface area (Å²) in [6, 6.07) is 0. The average Bonchev–Trinajstić information content (AvgIpc) is 3.04. The maximum atomic E-state index is 13.9. The molecule has 0 spiro atoms. The highest BCUT2D eigenvalue weighted by molar-refractivity contribution is 6.79. The Morgan fingerprint density at radius 2 is 1.44 bits per heavy atom. The van der Waals surface area contributed by atoms with Crippen LogP contribution >= 0.6 is 0 Å². The largest absolute Gasteiger partial charge is 0.518 e. The van der Waals surface area contributed by atoms with Crippen LogP contribution in [0.3, 0.4) is 0 Å². The van der Waals surface area contributed by atoms with Gasteiger partial charge in [0.05, 0.1) is 5.41 Å². The predicted octanol–water partition coefficient (Wildman–Crippen LogP) is 5.68. The monoisotopic (exact) mass is 413 g/mol. The fourth-order valence-corrected chi connectivity index (χ4v) is 14.4. The average molecular weight is 414 g/mol. The summed E-state index contributed by atoms with van der Waals surface area (Å²) in [5, 5.41) is -0.187. The predicted molar refractivity (Wildman–Crippen MR) is 114 cm³/mol. The minimum absolute atomic E-state index is 0.0243. The second kappa shape index (κ2) is 7.92. The van der Waals surface area contributed by atoms with Crippen molar-refractivity contribution in [2.24, 2.45) is 17.3 Å². The zero-order valence-electron chi connectivity index (χ0n) is 19.1. The van der Waals surface area contributed by atoms with Gasteiger partial charge < -0.3 is 13.3 Å².